The van der Waals surface area contributed by atoms with Gasteiger partial charge in [0.25, 0.3) is 0 Å². The van der Waals surface area contributed by atoms with Crippen molar-refractivity contribution in [2.24, 2.45) is 0 Å². The van der Waals surface area contributed by atoms with Crippen LogP contribution in [-0.2, 0) is 22.4 Å². The van der Waals surface area contributed by atoms with E-state index in [1.165, 1.54) is 0 Å². The highest BCUT2D eigenvalue weighted by atomic mass is 35.5. The Kier molecular flexibility index (Phi) is 8.96. The molecule has 0 spiro atoms. The van der Waals surface area contributed by atoms with Gasteiger partial charge in [0.05, 0.1) is 0 Å². The van der Waals surface area contributed by atoms with E-state index in [4.69, 9.17) is 11.6 Å². The minimum absolute atomic E-state index is 0.00396. The fourth-order valence-electron chi connectivity index (χ4n) is 4.35. The summed E-state index contributed by atoms with van der Waals surface area (Å²) in [6.45, 7) is 2.51. The highest BCUT2D eigenvalue weighted by Crippen LogP contribution is 2.20. The lowest BCUT2D eigenvalue weighted by Crippen LogP contribution is -2.51. The molecule has 5 heteroatoms. The van der Waals surface area contributed by atoms with Crippen LogP contribution >= 0.6 is 11.6 Å². The second kappa shape index (κ2) is 11.9. The highest BCUT2D eigenvalue weighted by Gasteiger charge is 2.30. The summed E-state index contributed by atoms with van der Waals surface area (Å²) in [6, 6.07) is 17.5. The molecule has 2 aromatic carbocycles. The molecule has 0 unspecified atom stereocenters. The summed E-state index contributed by atoms with van der Waals surface area (Å²) in [5.41, 5.74) is 2.13. The molecule has 2 amide bonds. The van der Waals surface area contributed by atoms with Gasteiger partial charge >= 0.3 is 0 Å². The van der Waals surface area contributed by atoms with Gasteiger partial charge in [-0.1, -0.05) is 79.9 Å². The van der Waals surface area contributed by atoms with Crippen LogP contribution in [0.15, 0.2) is 54.6 Å². The van der Waals surface area contributed by atoms with Crippen LogP contribution in [0.25, 0.3) is 0 Å². The maximum Gasteiger partial charge on any atom is 0.243 e. The van der Waals surface area contributed by atoms with Crippen molar-refractivity contribution >= 4 is 23.4 Å². The van der Waals surface area contributed by atoms with Crippen molar-refractivity contribution in [1.29, 1.82) is 0 Å². The number of hydrogen-bond donors (Lipinski definition) is 1. The van der Waals surface area contributed by atoms with E-state index in [0.29, 0.717) is 30.8 Å². The summed E-state index contributed by atoms with van der Waals surface area (Å²) < 4.78 is 0. The van der Waals surface area contributed by atoms with Crippen molar-refractivity contribution in [2.75, 3.05) is 6.54 Å². The molecule has 0 aliphatic heterocycles. The molecule has 3 rings (SSSR count). The number of carbonyl (C=O) groups is 2. The molecule has 0 bridgehead atoms. The zero-order chi connectivity index (χ0) is 22.1. The summed E-state index contributed by atoms with van der Waals surface area (Å²) in [7, 11) is 0. The van der Waals surface area contributed by atoms with Crippen molar-refractivity contribution in [3.05, 3.63) is 70.7 Å². The predicted octanol–water partition coefficient (Wildman–Crippen LogP) is 5.18. The average molecular weight is 441 g/mol. The average Bonchev–Trinajstić information content (AvgIpc) is 3.29. The number of carbonyl (C=O) groups excluding carboxylic acids is 2. The first-order valence-electron chi connectivity index (χ1n) is 11.5. The van der Waals surface area contributed by atoms with Crippen LogP contribution in [0.5, 0.6) is 0 Å². The first kappa shape index (κ1) is 23.3. The SMILES string of the molecule is CC[C@H](C(=O)NC1CCCC1)N(CCc1ccccc1)C(=O)CCc1ccccc1Cl. The number of aryl methyl sites for hydroxylation is 1. The third kappa shape index (κ3) is 6.83. The molecule has 1 aliphatic carbocycles. The van der Waals surface area contributed by atoms with Gasteiger partial charge in [0.2, 0.25) is 11.8 Å². The molecule has 0 heterocycles. The number of amides is 2. The Balaban J connectivity index is 1.70. The number of benzene rings is 2. The van der Waals surface area contributed by atoms with Gasteiger partial charge in [0.1, 0.15) is 6.04 Å². The normalized spacial score (nSPS) is 14.9. The Hall–Kier alpha value is -2.33. The number of nitrogens with zero attached hydrogens (tertiary/aromatic N) is 1. The fourth-order valence-corrected chi connectivity index (χ4v) is 4.58. The van der Waals surface area contributed by atoms with Crippen LogP contribution in [0, 0.1) is 0 Å². The maximum absolute atomic E-state index is 13.3. The van der Waals surface area contributed by atoms with Crippen LogP contribution in [-0.4, -0.2) is 35.3 Å². The van der Waals surface area contributed by atoms with Gasteiger partial charge in [-0.05, 0) is 49.3 Å². The molecule has 0 saturated heterocycles. The minimum Gasteiger partial charge on any atom is -0.352 e. The summed E-state index contributed by atoms with van der Waals surface area (Å²) in [5.74, 6) is -0.0159. The Morgan fingerprint density at radius 2 is 1.71 bits per heavy atom. The van der Waals surface area contributed by atoms with Gasteiger partial charge in [-0.15, -0.1) is 0 Å². The standard InChI is InChI=1S/C26H33ClN2O2/c1-2-24(26(31)28-22-13-7-8-14-22)29(19-18-20-10-4-3-5-11-20)25(30)17-16-21-12-6-9-15-23(21)27/h3-6,9-12,15,22,24H,2,7-8,13-14,16-19H2,1H3,(H,28,31)/t24-/m1/s1. The van der Waals surface area contributed by atoms with E-state index in [1.807, 2.05) is 49.4 Å². The van der Waals surface area contributed by atoms with E-state index in [0.717, 1.165) is 43.2 Å². The Morgan fingerprint density at radius 3 is 2.39 bits per heavy atom. The van der Waals surface area contributed by atoms with Crippen molar-refractivity contribution in [3.8, 4) is 0 Å². The van der Waals surface area contributed by atoms with Gasteiger partial charge in [0, 0.05) is 24.0 Å². The molecule has 166 valence electrons. The molecule has 0 aromatic heterocycles. The minimum atomic E-state index is -0.442. The van der Waals surface area contributed by atoms with Gasteiger partial charge in [-0.3, -0.25) is 9.59 Å². The summed E-state index contributed by atoms with van der Waals surface area (Å²) >= 11 is 6.27. The first-order chi connectivity index (χ1) is 15.1. The van der Waals surface area contributed by atoms with Crippen LogP contribution in [0.4, 0.5) is 0 Å². The topological polar surface area (TPSA) is 49.4 Å². The number of halogens is 1. The van der Waals surface area contributed by atoms with Crippen LogP contribution < -0.4 is 5.32 Å². The van der Waals surface area contributed by atoms with Crippen LogP contribution in [0.1, 0.15) is 56.6 Å². The van der Waals surface area contributed by atoms with Crippen molar-refractivity contribution in [3.63, 3.8) is 0 Å². The first-order valence-corrected chi connectivity index (χ1v) is 11.8. The Bertz CT molecular complexity index is 849. The van der Waals surface area contributed by atoms with E-state index in [1.54, 1.807) is 4.90 Å². The van der Waals surface area contributed by atoms with E-state index in [9.17, 15) is 9.59 Å². The maximum atomic E-state index is 13.3. The summed E-state index contributed by atoms with van der Waals surface area (Å²) in [6.07, 6.45) is 6.63. The molecule has 1 fully saturated rings. The lowest BCUT2D eigenvalue weighted by molar-refractivity contribution is -0.141. The van der Waals surface area contributed by atoms with E-state index >= 15 is 0 Å². The third-order valence-corrected chi connectivity index (χ3v) is 6.51. The van der Waals surface area contributed by atoms with Crippen LogP contribution in [0.2, 0.25) is 5.02 Å². The lowest BCUT2D eigenvalue weighted by atomic mass is 10.1. The number of nitrogens with one attached hydrogen (secondary N) is 1. The van der Waals surface area contributed by atoms with Gasteiger partial charge in [-0.2, -0.15) is 0 Å². The molecular weight excluding hydrogens is 408 g/mol. The van der Waals surface area contributed by atoms with E-state index in [2.05, 4.69) is 17.4 Å². The quantitative estimate of drug-likeness (QED) is 0.553. The predicted molar refractivity (Wildman–Crippen MR) is 126 cm³/mol. The van der Waals surface area contributed by atoms with Gasteiger partial charge < -0.3 is 10.2 Å². The molecule has 1 aliphatic rings. The highest BCUT2D eigenvalue weighted by molar-refractivity contribution is 6.31. The molecule has 2 aromatic rings. The molecule has 1 saturated carbocycles. The fraction of sp³-hybridized carbons (Fsp3) is 0.462. The molecule has 1 atom stereocenters. The lowest BCUT2D eigenvalue weighted by Gasteiger charge is -2.31. The monoisotopic (exact) mass is 440 g/mol. The van der Waals surface area contributed by atoms with Crippen molar-refractivity contribution < 1.29 is 9.59 Å². The molecule has 1 N–H and O–H groups in total. The second-order valence-electron chi connectivity index (χ2n) is 8.33. The molecule has 0 radical (unpaired) electrons. The van der Waals surface area contributed by atoms with Gasteiger partial charge in [-0.25, -0.2) is 0 Å². The molecular formula is C26H33ClN2O2. The smallest absolute Gasteiger partial charge is 0.243 e. The largest absolute Gasteiger partial charge is 0.352 e. The van der Waals surface area contributed by atoms with E-state index < -0.39 is 6.04 Å². The Labute approximate surface area is 191 Å². The summed E-state index contributed by atoms with van der Waals surface area (Å²) in [5, 5.41) is 3.87. The number of hydrogen-bond acceptors (Lipinski definition) is 2. The zero-order valence-corrected chi connectivity index (χ0v) is 19.1. The second-order valence-corrected chi connectivity index (χ2v) is 8.74. The molecule has 4 nitrogen and oxygen atoms in total. The molecule has 31 heavy (non-hydrogen) atoms. The Morgan fingerprint density at radius 1 is 1.03 bits per heavy atom. The van der Waals surface area contributed by atoms with Crippen molar-refractivity contribution in [1.82, 2.24) is 10.2 Å². The zero-order valence-electron chi connectivity index (χ0n) is 18.4. The van der Waals surface area contributed by atoms with Crippen LogP contribution in [0.3, 0.4) is 0 Å². The third-order valence-electron chi connectivity index (χ3n) is 6.14. The van der Waals surface area contributed by atoms with Crippen molar-refractivity contribution in [2.45, 2.75) is 70.4 Å². The summed E-state index contributed by atoms with van der Waals surface area (Å²) in [4.78, 5) is 28.2. The number of rotatable bonds is 10. The van der Waals surface area contributed by atoms with E-state index in [-0.39, 0.29) is 17.9 Å². The van der Waals surface area contributed by atoms with Gasteiger partial charge in [0.15, 0.2) is 0 Å².